The molecular weight excluding hydrogens is 236 g/mol. The van der Waals surface area contributed by atoms with Gasteiger partial charge < -0.3 is 15.0 Å². The molecule has 0 heterocycles. The van der Waals surface area contributed by atoms with Crippen LogP contribution in [-0.2, 0) is 11.3 Å². The van der Waals surface area contributed by atoms with E-state index in [0.29, 0.717) is 5.92 Å². The van der Waals surface area contributed by atoms with Gasteiger partial charge in [0, 0.05) is 33.3 Å². The molecule has 1 aromatic rings. The third-order valence-corrected chi connectivity index (χ3v) is 3.25. The van der Waals surface area contributed by atoms with E-state index in [4.69, 9.17) is 4.74 Å². The summed E-state index contributed by atoms with van der Waals surface area (Å²) in [4.78, 5) is 2.34. The van der Waals surface area contributed by atoms with Gasteiger partial charge in [-0.2, -0.15) is 0 Å². The lowest BCUT2D eigenvalue weighted by Gasteiger charge is -2.17. The van der Waals surface area contributed by atoms with Crippen LogP contribution in [0.2, 0.25) is 0 Å². The van der Waals surface area contributed by atoms with Crippen molar-refractivity contribution in [3.05, 3.63) is 35.4 Å². The number of nitrogens with one attached hydrogen (secondary N) is 1. The van der Waals surface area contributed by atoms with Crippen molar-refractivity contribution in [2.45, 2.75) is 26.3 Å². The second-order valence-electron chi connectivity index (χ2n) is 5.38. The third-order valence-electron chi connectivity index (χ3n) is 3.25. The van der Waals surface area contributed by atoms with E-state index in [1.807, 2.05) is 0 Å². The zero-order chi connectivity index (χ0) is 14.1. The zero-order valence-electron chi connectivity index (χ0n) is 12.8. The smallest absolute Gasteiger partial charge is 0.0587 e. The topological polar surface area (TPSA) is 24.5 Å². The van der Waals surface area contributed by atoms with Crippen molar-refractivity contribution in [2.24, 2.45) is 0 Å². The predicted octanol–water partition coefficient (Wildman–Crippen LogP) is 2.48. The van der Waals surface area contributed by atoms with E-state index >= 15 is 0 Å². The Kier molecular flexibility index (Phi) is 7.72. The zero-order valence-corrected chi connectivity index (χ0v) is 12.8. The molecule has 0 atom stereocenters. The number of likely N-dealkylation sites (N-methyl/N-ethyl adjacent to an activating group) is 1. The molecule has 0 bridgehead atoms. The second kappa shape index (κ2) is 9.08. The van der Waals surface area contributed by atoms with Crippen LogP contribution in [0.3, 0.4) is 0 Å². The Morgan fingerprint density at radius 3 is 2.42 bits per heavy atom. The molecule has 0 unspecified atom stereocenters. The molecule has 108 valence electrons. The summed E-state index contributed by atoms with van der Waals surface area (Å²) in [5.74, 6) is 0.608. The van der Waals surface area contributed by atoms with Gasteiger partial charge in [0.25, 0.3) is 0 Å². The Morgan fingerprint density at radius 2 is 1.84 bits per heavy atom. The van der Waals surface area contributed by atoms with Crippen LogP contribution in [0.5, 0.6) is 0 Å². The normalized spacial score (nSPS) is 11.5. The lowest BCUT2D eigenvalue weighted by Crippen LogP contribution is -2.30. The van der Waals surface area contributed by atoms with E-state index in [2.05, 4.69) is 55.4 Å². The van der Waals surface area contributed by atoms with Crippen molar-refractivity contribution in [2.75, 3.05) is 40.4 Å². The molecule has 0 aliphatic rings. The fourth-order valence-electron chi connectivity index (χ4n) is 1.97. The van der Waals surface area contributed by atoms with Crippen LogP contribution in [0, 0.1) is 0 Å². The molecule has 1 N–H and O–H groups in total. The average molecular weight is 264 g/mol. The van der Waals surface area contributed by atoms with Gasteiger partial charge >= 0.3 is 0 Å². The van der Waals surface area contributed by atoms with Crippen LogP contribution in [0.15, 0.2) is 24.3 Å². The SMILES string of the molecule is COCCNCCN(C)Cc1ccc(C(C)C)cc1. The fourth-order valence-corrected chi connectivity index (χ4v) is 1.97. The van der Waals surface area contributed by atoms with Gasteiger partial charge in [-0.25, -0.2) is 0 Å². The minimum absolute atomic E-state index is 0.608. The van der Waals surface area contributed by atoms with Gasteiger partial charge in [0.05, 0.1) is 6.61 Å². The van der Waals surface area contributed by atoms with Crippen LogP contribution < -0.4 is 5.32 Å². The Morgan fingerprint density at radius 1 is 1.16 bits per heavy atom. The Hall–Kier alpha value is -0.900. The number of rotatable bonds is 9. The molecular formula is C16H28N2O. The molecule has 0 radical (unpaired) electrons. The minimum Gasteiger partial charge on any atom is -0.383 e. The minimum atomic E-state index is 0.608. The highest BCUT2D eigenvalue weighted by Gasteiger charge is 2.02. The molecule has 19 heavy (non-hydrogen) atoms. The predicted molar refractivity (Wildman–Crippen MR) is 81.6 cm³/mol. The summed E-state index contributed by atoms with van der Waals surface area (Å²) in [6.07, 6.45) is 0. The maximum atomic E-state index is 5.00. The van der Waals surface area contributed by atoms with Crippen LogP contribution >= 0.6 is 0 Å². The van der Waals surface area contributed by atoms with Crippen molar-refractivity contribution in [3.8, 4) is 0 Å². The van der Waals surface area contributed by atoms with E-state index in [-0.39, 0.29) is 0 Å². The summed E-state index contributed by atoms with van der Waals surface area (Å²) in [6, 6.07) is 8.96. The highest BCUT2D eigenvalue weighted by Crippen LogP contribution is 2.15. The Bertz CT molecular complexity index is 335. The first-order valence-corrected chi connectivity index (χ1v) is 7.10. The standard InChI is InChI=1S/C16H28N2O/c1-14(2)16-7-5-15(6-8-16)13-18(3)11-9-17-10-12-19-4/h5-8,14,17H,9-13H2,1-4H3. The molecule has 0 aromatic heterocycles. The number of nitrogens with zero attached hydrogens (tertiary/aromatic N) is 1. The summed E-state index contributed by atoms with van der Waals surface area (Å²) in [7, 11) is 3.89. The van der Waals surface area contributed by atoms with Gasteiger partial charge in [0.2, 0.25) is 0 Å². The summed E-state index contributed by atoms with van der Waals surface area (Å²) in [5, 5.41) is 3.36. The Balaban J connectivity index is 2.26. The van der Waals surface area contributed by atoms with Crippen molar-refractivity contribution in [3.63, 3.8) is 0 Å². The number of ether oxygens (including phenoxy) is 1. The van der Waals surface area contributed by atoms with Crippen molar-refractivity contribution >= 4 is 0 Å². The van der Waals surface area contributed by atoms with E-state index < -0.39 is 0 Å². The van der Waals surface area contributed by atoms with Crippen molar-refractivity contribution < 1.29 is 4.74 Å². The summed E-state index contributed by atoms with van der Waals surface area (Å²) in [5.41, 5.74) is 2.79. The second-order valence-corrected chi connectivity index (χ2v) is 5.38. The Labute approximate surface area is 118 Å². The van der Waals surface area contributed by atoms with Gasteiger partial charge in [0.1, 0.15) is 0 Å². The fraction of sp³-hybridized carbons (Fsp3) is 0.625. The quantitative estimate of drug-likeness (QED) is 0.694. The van der Waals surface area contributed by atoms with Crippen molar-refractivity contribution in [1.82, 2.24) is 10.2 Å². The largest absolute Gasteiger partial charge is 0.383 e. The van der Waals surface area contributed by atoms with E-state index in [9.17, 15) is 0 Å². The van der Waals surface area contributed by atoms with Crippen molar-refractivity contribution in [1.29, 1.82) is 0 Å². The molecule has 1 aromatic carbocycles. The van der Waals surface area contributed by atoms with Gasteiger partial charge in [-0.05, 0) is 24.1 Å². The number of hydrogen-bond donors (Lipinski definition) is 1. The van der Waals surface area contributed by atoms with Crippen LogP contribution in [-0.4, -0.2) is 45.3 Å². The van der Waals surface area contributed by atoms with Gasteiger partial charge in [-0.1, -0.05) is 38.1 Å². The number of benzene rings is 1. The molecule has 0 amide bonds. The third kappa shape index (κ3) is 6.71. The lowest BCUT2D eigenvalue weighted by molar-refractivity contribution is 0.197. The highest BCUT2D eigenvalue weighted by atomic mass is 16.5. The molecule has 0 saturated carbocycles. The molecule has 0 fully saturated rings. The van der Waals surface area contributed by atoms with Crippen LogP contribution in [0.4, 0.5) is 0 Å². The first kappa shape index (κ1) is 16.2. The average Bonchev–Trinajstić information content (AvgIpc) is 2.39. The molecule has 0 spiro atoms. The highest BCUT2D eigenvalue weighted by molar-refractivity contribution is 5.24. The maximum absolute atomic E-state index is 5.00. The van der Waals surface area contributed by atoms with E-state index in [1.54, 1.807) is 7.11 Å². The maximum Gasteiger partial charge on any atom is 0.0587 e. The van der Waals surface area contributed by atoms with Crippen LogP contribution in [0.25, 0.3) is 0 Å². The first-order valence-electron chi connectivity index (χ1n) is 7.10. The van der Waals surface area contributed by atoms with Gasteiger partial charge in [-0.3, -0.25) is 0 Å². The number of hydrogen-bond acceptors (Lipinski definition) is 3. The molecule has 0 saturated heterocycles. The summed E-state index contributed by atoms with van der Waals surface area (Å²) < 4.78 is 5.00. The van der Waals surface area contributed by atoms with Gasteiger partial charge in [-0.15, -0.1) is 0 Å². The molecule has 0 aliphatic heterocycles. The van der Waals surface area contributed by atoms with E-state index in [0.717, 1.165) is 32.8 Å². The molecule has 1 rings (SSSR count). The summed E-state index contributed by atoms with van der Waals surface area (Å²) in [6.45, 7) is 9.22. The molecule has 3 heteroatoms. The summed E-state index contributed by atoms with van der Waals surface area (Å²) >= 11 is 0. The monoisotopic (exact) mass is 264 g/mol. The number of methoxy groups -OCH3 is 1. The lowest BCUT2D eigenvalue weighted by atomic mass is 10.0. The van der Waals surface area contributed by atoms with E-state index in [1.165, 1.54) is 11.1 Å². The molecule has 0 aliphatic carbocycles. The first-order chi connectivity index (χ1) is 9.13. The molecule has 3 nitrogen and oxygen atoms in total. The van der Waals surface area contributed by atoms with Gasteiger partial charge in [0.15, 0.2) is 0 Å². The van der Waals surface area contributed by atoms with Crippen LogP contribution in [0.1, 0.15) is 30.9 Å².